The summed E-state index contributed by atoms with van der Waals surface area (Å²) in [5.74, 6) is 0.710. The van der Waals surface area contributed by atoms with Gasteiger partial charge in [0.15, 0.2) is 16.6 Å². The summed E-state index contributed by atoms with van der Waals surface area (Å²) >= 11 is 4.90. The third kappa shape index (κ3) is 4.39. The summed E-state index contributed by atoms with van der Waals surface area (Å²) < 4.78 is 11.1. The molecule has 138 valence electrons. The van der Waals surface area contributed by atoms with E-state index in [4.69, 9.17) is 21.7 Å². The number of rotatable bonds is 6. The van der Waals surface area contributed by atoms with Crippen molar-refractivity contribution in [3.8, 4) is 11.5 Å². The van der Waals surface area contributed by atoms with Gasteiger partial charge in [-0.1, -0.05) is 6.07 Å². The minimum atomic E-state index is -0.451. The van der Waals surface area contributed by atoms with E-state index in [0.29, 0.717) is 17.2 Å². The SMILES string of the molecule is COc1cc(/C=C2\NC(=S)NC2=O)ccc1OCc1ccc([N+](=O)[O-])cc1. The number of hydrogen-bond acceptors (Lipinski definition) is 6. The first-order valence-corrected chi connectivity index (χ1v) is 8.25. The van der Waals surface area contributed by atoms with Crippen LogP contribution in [0.25, 0.3) is 6.08 Å². The molecular weight excluding hydrogens is 370 g/mol. The van der Waals surface area contributed by atoms with E-state index < -0.39 is 4.92 Å². The molecule has 0 bridgehead atoms. The summed E-state index contributed by atoms with van der Waals surface area (Å²) in [4.78, 5) is 21.9. The number of nitro benzene ring substituents is 1. The van der Waals surface area contributed by atoms with Crippen molar-refractivity contribution in [2.75, 3.05) is 7.11 Å². The highest BCUT2D eigenvalue weighted by atomic mass is 32.1. The maximum absolute atomic E-state index is 11.7. The van der Waals surface area contributed by atoms with Crippen LogP contribution in [0.1, 0.15) is 11.1 Å². The number of amides is 1. The molecule has 9 heteroatoms. The lowest BCUT2D eigenvalue weighted by atomic mass is 10.1. The number of benzene rings is 2. The van der Waals surface area contributed by atoms with Crippen LogP contribution in [-0.4, -0.2) is 23.1 Å². The molecule has 0 saturated carbocycles. The molecule has 3 rings (SSSR count). The van der Waals surface area contributed by atoms with Crippen LogP contribution in [0.2, 0.25) is 0 Å². The molecule has 8 nitrogen and oxygen atoms in total. The molecule has 27 heavy (non-hydrogen) atoms. The number of nitro groups is 1. The van der Waals surface area contributed by atoms with Gasteiger partial charge in [0.25, 0.3) is 11.6 Å². The number of hydrogen-bond donors (Lipinski definition) is 2. The molecule has 0 aliphatic carbocycles. The number of thiocarbonyl (C=S) groups is 1. The molecule has 0 unspecified atom stereocenters. The van der Waals surface area contributed by atoms with Gasteiger partial charge in [0.2, 0.25) is 0 Å². The van der Waals surface area contributed by atoms with Crippen LogP contribution in [-0.2, 0) is 11.4 Å². The van der Waals surface area contributed by atoms with Crippen LogP contribution in [0.3, 0.4) is 0 Å². The lowest BCUT2D eigenvalue weighted by Gasteiger charge is -2.11. The predicted octanol–water partition coefficient (Wildman–Crippen LogP) is 2.53. The Hall–Kier alpha value is -3.46. The summed E-state index contributed by atoms with van der Waals surface area (Å²) in [5, 5.41) is 16.2. The van der Waals surface area contributed by atoms with E-state index in [1.165, 1.54) is 19.2 Å². The van der Waals surface area contributed by atoms with Crippen molar-refractivity contribution in [1.29, 1.82) is 0 Å². The predicted molar refractivity (Wildman–Crippen MR) is 102 cm³/mol. The fourth-order valence-corrected chi connectivity index (χ4v) is 2.62. The zero-order chi connectivity index (χ0) is 19.4. The third-order valence-electron chi connectivity index (χ3n) is 3.76. The van der Waals surface area contributed by atoms with Crippen molar-refractivity contribution >= 4 is 35.0 Å². The molecule has 1 aliphatic rings. The molecule has 2 aromatic carbocycles. The van der Waals surface area contributed by atoms with Crippen molar-refractivity contribution in [1.82, 2.24) is 10.6 Å². The second kappa shape index (κ2) is 7.83. The van der Waals surface area contributed by atoms with Gasteiger partial charge in [-0.05, 0) is 53.7 Å². The molecule has 0 atom stereocenters. The maximum atomic E-state index is 11.7. The molecule has 1 aliphatic heterocycles. The number of carbonyl (C=O) groups is 1. The van der Waals surface area contributed by atoms with Gasteiger partial charge in [0, 0.05) is 12.1 Å². The zero-order valence-electron chi connectivity index (χ0n) is 14.2. The van der Waals surface area contributed by atoms with E-state index in [1.807, 2.05) is 0 Å². The standard InChI is InChI=1S/C18H15N3O5S/c1-25-16-9-12(8-14-17(22)20-18(27)19-14)4-7-15(16)26-10-11-2-5-13(6-3-11)21(23)24/h2-9H,10H2,1H3,(H2,19,20,22,27)/b14-8-. The van der Waals surface area contributed by atoms with Gasteiger partial charge in [-0.2, -0.15) is 0 Å². The fraction of sp³-hybridized carbons (Fsp3) is 0.111. The van der Waals surface area contributed by atoms with Crippen LogP contribution in [0.4, 0.5) is 5.69 Å². The molecule has 0 spiro atoms. The van der Waals surface area contributed by atoms with Gasteiger partial charge >= 0.3 is 0 Å². The number of methoxy groups -OCH3 is 1. The average molecular weight is 385 g/mol. The Balaban J connectivity index is 1.73. The molecule has 0 radical (unpaired) electrons. The lowest BCUT2D eigenvalue weighted by molar-refractivity contribution is -0.384. The van der Waals surface area contributed by atoms with E-state index in [0.717, 1.165) is 11.1 Å². The second-order valence-electron chi connectivity index (χ2n) is 5.59. The van der Waals surface area contributed by atoms with E-state index >= 15 is 0 Å². The molecule has 2 N–H and O–H groups in total. The summed E-state index contributed by atoms with van der Waals surface area (Å²) in [6, 6.07) is 11.4. The smallest absolute Gasteiger partial charge is 0.273 e. The normalized spacial score (nSPS) is 14.6. The third-order valence-corrected chi connectivity index (χ3v) is 3.96. The monoisotopic (exact) mass is 385 g/mol. The molecule has 1 saturated heterocycles. The summed E-state index contributed by atoms with van der Waals surface area (Å²) in [6.45, 7) is 0.229. The van der Waals surface area contributed by atoms with Gasteiger partial charge in [0.05, 0.1) is 12.0 Å². The Morgan fingerprint density at radius 3 is 2.48 bits per heavy atom. The molecule has 1 fully saturated rings. The highest BCUT2D eigenvalue weighted by Crippen LogP contribution is 2.30. The Kier molecular flexibility index (Phi) is 5.32. The van der Waals surface area contributed by atoms with Crippen molar-refractivity contribution in [3.63, 3.8) is 0 Å². The molecule has 1 heterocycles. The summed E-state index contributed by atoms with van der Waals surface area (Å²) in [7, 11) is 1.51. The van der Waals surface area contributed by atoms with Crippen LogP contribution in [0.5, 0.6) is 11.5 Å². The number of carbonyl (C=O) groups excluding carboxylic acids is 1. The van der Waals surface area contributed by atoms with Crippen molar-refractivity contribution in [2.24, 2.45) is 0 Å². The van der Waals surface area contributed by atoms with Gasteiger partial charge in [0.1, 0.15) is 12.3 Å². The summed E-state index contributed by atoms with van der Waals surface area (Å²) in [5.41, 5.74) is 1.89. The Bertz CT molecular complexity index is 941. The minimum absolute atomic E-state index is 0.0257. The van der Waals surface area contributed by atoms with Gasteiger partial charge in [-0.15, -0.1) is 0 Å². The first kappa shape index (κ1) is 18.3. The number of non-ortho nitro benzene ring substituents is 1. The van der Waals surface area contributed by atoms with Gasteiger partial charge < -0.3 is 14.8 Å². The fourth-order valence-electron chi connectivity index (χ4n) is 2.42. The topological polar surface area (TPSA) is 103 Å². The largest absolute Gasteiger partial charge is 0.493 e. The van der Waals surface area contributed by atoms with Crippen LogP contribution in [0.15, 0.2) is 48.2 Å². The first-order valence-electron chi connectivity index (χ1n) is 7.84. The Morgan fingerprint density at radius 2 is 1.89 bits per heavy atom. The quantitative estimate of drug-likeness (QED) is 0.341. The number of nitrogens with zero attached hydrogens (tertiary/aromatic N) is 1. The number of ether oxygens (including phenoxy) is 2. The van der Waals surface area contributed by atoms with Gasteiger partial charge in [-0.3, -0.25) is 20.2 Å². The van der Waals surface area contributed by atoms with Crippen LogP contribution >= 0.6 is 12.2 Å². The average Bonchev–Trinajstić information content (AvgIpc) is 2.97. The Morgan fingerprint density at radius 1 is 1.15 bits per heavy atom. The van der Waals surface area contributed by atoms with Crippen molar-refractivity contribution in [3.05, 3.63) is 69.4 Å². The number of nitrogens with one attached hydrogen (secondary N) is 2. The highest BCUT2D eigenvalue weighted by molar-refractivity contribution is 7.80. The van der Waals surface area contributed by atoms with Crippen LogP contribution < -0.4 is 20.1 Å². The lowest BCUT2D eigenvalue weighted by Crippen LogP contribution is -2.21. The maximum Gasteiger partial charge on any atom is 0.273 e. The molecule has 2 aromatic rings. The van der Waals surface area contributed by atoms with E-state index in [-0.39, 0.29) is 23.3 Å². The highest BCUT2D eigenvalue weighted by Gasteiger charge is 2.20. The second-order valence-corrected chi connectivity index (χ2v) is 6.00. The molecular formula is C18H15N3O5S. The first-order chi connectivity index (χ1) is 13.0. The van der Waals surface area contributed by atoms with Crippen molar-refractivity contribution < 1.29 is 19.2 Å². The molecule has 0 aromatic heterocycles. The van der Waals surface area contributed by atoms with Crippen LogP contribution in [0, 0.1) is 10.1 Å². The summed E-state index contributed by atoms with van der Waals surface area (Å²) in [6.07, 6.45) is 1.65. The van der Waals surface area contributed by atoms with Crippen molar-refractivity contribution in [2.45, 2.75) is 6.61 Å². The molecule has 1 amide bonds. The van der Waals surface area contributed by atoms with E-state index in [2.05, 4.69) is 10.6 Å². The zero-order valence-corrected chi connectivity index (χ0v) is 15.0. The van der Waals surface area contributed by atoms with Gasteiger partial charge in [-0.25, -0.2) is 0 Å². The van der Waals surface area contributed by atoms with E-state index in [9.17, 15) is 14.9 Å². The minimum Gasteiger partial charge on any atom is -0.493 e. The van der Waals surface area contributed by atoms with E-state index in [1.54, 1.807) is 36.4 Å². The Labute approximate surface area is 159 Å².